The zero-order valence-corrected chi connectivity index (χ0v) is 11.9. The molecule has 0 saturated heterocycles. The molecule has 6 heteroatoms. The molecule has 0 saturated carbocycles. The number of nitrogens with one attached hydrogen (secondary N) is 1. The molecule has 0 aliphatic rings. The largest absolute Gasteiger partial charge is 0.495 e. The highest BCUT2D eigenvalue weighted by atomic mass is 79.9. The summed E-state index contributed by atoms with van der Waals surface area (Å²) < 4.78 is 6.09. The fourth-order valence-corrected chi connectivity index (χ4v) is 2.05. The number of pyridine rings is 1. The number of nitrogens with two attached hydrogens (primary N) is 1. The van der Waals surface area contributed by atoms with Crippen LogP contribution in [-0.2, 0) is 0 Å². The number of hydrogen-bond acceptors (Lipinski definition) is 4. The Morgan fingerprint density at radius 3 is 2.83 bits per heavy atom. The first kappa shape index (κ1) is 13.0. The van der Waals surface area contributed by atoms with Crippen LogP contribution in [0.5, 0.6) is 5.75 Å². The number of benzene rings is 1. The number of anilines is 3. The van der Waals surface area contributed by atoms with Crippen molar-refractivity contribution in [1.82, 2.24) is 4.98 Å². The van der Waals surface area contributed by atoms with Gasteiger partial charge in [-0.3, -0.25) is 0 Å². The predicted octanol–water partition coefficient (Wildman–Crippen LogP) is 3.83. The third kappa shape index (κ3) is 2.86. The molecule has 0 fully saturated rings. The number of nitrogens with zero attached hydrogens (tertiary/aromatic N) is 1. The number of ether oxygens (including phenoxy) is 1. The number of halogens is 2. The lowest BCUT2D eigenvalue weighted by atomic mass is 10.3. The summed E-state index contributed by atoms with van der Waals surface area (Å²) in [5.74, 6) is 1.28. The van der Waals surface area contributed by atoms with Crippen LogP contribution < -0.4 is 15.8 Å². The Kier molecular flexibility index (Phi) is 3.93. The third-order valence-corrected chi connectivity index (χ3v) is 3.22. The second-order valence-corrected chi connectivity index (χ2v) is 4.83. The molecule has 18 heavy (non-hydrogen) atoms. The molecule has 2 aromatic rings. The Morgan fingerprint density at radius 1 is 1.39 bits per heavy atom. The van der Waals surface area contributed by atoms with Gasteiger partial charge >= 0.3 is 0 Å². The van der Waals surface area contributed by atoms with E-state index in [1.807, 2.05) is 18.2 Å². The van der Waals surface area contributed by atoms with Gasteiger partial charge in [0.2, 0.25) is 0 Å². The lowest BCUT2D eigenvalue weighted by Gasteiger charge is -2.10. The molecule has 1 heterocycles. The van der Waals surface area contributed by atoms with Crippen LogP contribution in [0.15, 0.2) is 34.9 Å². The molecule has 0 aliphatic heterocycles. The fraction of sp³-hybridized carbons (Fsp3) is 0.0833. The van der Waals surface area contributed by atoms with Crippen molar-refractivity contribution in [3.63, 3.8) is 0 Å². The minimum Gasteiger partial charge on any atom is -0.495 e. The van der Waals surface area contributed by atoms with Crippen LogP contribution in [0.1, 0.15) is 0 Å². The molecule has 0 aliphatic carbocycles. The SMILES string of the molecule is COc1cc(Nc2ncc(N)cc2Cl)ccc1Br. The van der Waals surface area contributed by atoms with Crippen LogP contribution in [0.25, 0.3) is 0 Å². The molecule has 4 nitrogen and oxygen atoms in total. The first-order chi connectivity index (χ1) is 8.60. The van der Waals surface area contributed by atoms with Gasteiger partial charge in [-0.25, -0.2) is 4.98 Å². The van der Waals surface area contributed by atoms with Gasteiger partial charge in [0.05, 0.1) is 28.5 Å². The highest BCUT2D eigenvalue weighted by Crippen LogP contribution is 2.30. The van der Waals surface area contributed by atoms with E-state index in [4.69, 9.17) is 22.1 Å². The van der Waals surface area contributed by atoms with Gasteiger partial charge in [0, 0.05) is 11.8 Å². The second kappa shape index (κ2) is 5.46. The maximum absolute atomic E-state index is 6.04. The summed E-state index contributed by atoms with van der Waals surface area (Å²) >= 11 is 9.43. The highest BCUT2D eigenvalue weighted by molar-refractivity contribution is 9.10. The summed E-state index contributed by atoms with van der Waals surface area (Å²) in [7, 11) is 1.61. The molecule has 1 aromatic heterocycles. The van der Waals surface area contributed by atoms with Gasteiger partial charge in [-0.1, -0.05) is 11.6 Å². The van der Waals surface area contributed by atoms with E-state index in [1.165, 1.54) is 0 Å². The van der Waals surface area contributed by atoms with E-state index in [0.29, 0.717) is 16.5 Å². The van der Waals surface area contributed by atoms with Crippen molar-refractivity contribution >= 4 is 44.7 Å². The second-order valence-electron chi connectivity index (χ2n) is 3.57. The first-order valence-corrected chi connectivity index (χ1v) is 6.29. The number of rotatable bonds is 3. The van der Waals surface area contributed by atoms with Crippen LogP contribution in [-0.4, -0.2) is 12.1 Å². The maximum atomic E-state index is 6.04. The van der Waals surface area contributed by atoms with Crippen LogP contribution in [0.3, 0.4) is 0 Å². The van der Waals surface area contributed by atoms with E-state index in [-0.39, 0.29) is 0 Å². The first-order valence-electron chi connectivity index (χ1n) is 5.11. The Balaban J connectivity index is 2.28. The average Bonchev–Trinajstić information content (AvgIpc) is 2.35. The standard InChI is InChI=1S/C12H11BrClN3O/c1-18-11-5-8(2-3-9(11)13)17-12-10(14)4-7(15)6-16-12/h2-6H,15H2,1H3,(H,16,17). The summed E-state index contributed by atoms with van der Waals surface area (Å²) in [4.78, 5) is 4.13. The smallest absolute Gasteiger partial charge is 0.149 e. The molecule has 0 radical (unpaired) electrons. The van der Waals surface area contributed by atoms with Crippen molar-refractivity contribution in [3.05, 3.63) is 40.0 Å². The summed E-state index contributed by atoms with van der Waals surface area (Å²) in [5.41, 5.74) is 6.94. The molecule has 3 N–H and O–H groups in total. The Hall–Kier alpha value is -1.46. The van der Waals surface area contributed by atoms with Gasteiger partial charge in [0.25, 0.3) is 0 Å². The molecule has 0 unspecified atom stereocenters. The Labute approximate surface area is 118 Å². The monoisotopic (exact) mass is 327 g/mol. The van der Waals surface area contributed by atoms with Crippen LogP contribution in [0.4, 0.5) is 17.2 Å². The van der Waals surface area contributed by atoms with Crippen molar-refractivity contribution < 1.29 is 4.74 Å². The molecule has 94 valence electrons. The predicted molar refractivity (Wildman–Crippen MR) is 77.6 cm³/mol. The quantitative estimate of drug-likeness (QED) is 0.899. The van der Waals surface area contributed by atoms with E-state index in [9.17, 15) is 0 Å². The lowest BCUT2D eigenvalue weighted by molar-refractivity contribution is 0.412. The van der Waals surface area contributed by atoms with Crippen molar-refractivity contribution in [1.29, 1.82) is 0 Å². The molecular formula is C12H11BrClN3O. The Morgan fingerprint density at radius 2 is 2.17 bits per heavy atom. The van der Waals surface area contributed by atoms with Crippen LogP contribution in [0, 0.1) is 0 Å². The van der Waals surface area contributed by atoms with Gasteiger partial charge < -0.3 is 15.8 Å². The van der Waals surface area contributed by atoms with Crippen LogP contribution in [0.2, 0.25) is 5.02 Å². The van der Waals surface area contributed by atoms with Crippen molar-refractivity contribution in [3.8, 4) is 5.75 Å². The third-order valence-electron chi connectivity index (χ3n) is 2.28. The minimum absolute atomic E-state index is 0.469. The molecule has 1 aromatic carbocycles. The van der Waals surface area contributed by atoms with Crippen molar-refractivity contribution in [2.75, 3.05) is 18.2 Å². The Bertz CT molecular complexity index is 577. The van der Waals surface area contributed by atoms with Crippen molar-refractivity contribution in [2.24, 2.45) is 0 Å². The summed E-state index contributed by atoms with van der Waals surface area (Å²) in [6, 6.07) is 7.26. The van der Waals surface area contributed by atoms with E-state index in [1.54, 1.807) is 19.4 Å². The molecule has 0 amide bonds. The number of nitrogen functional groups attached to an aromatic ring is 1. The van der Waals surface area contributed by atoms with Gasteiger partial charge in [0.1, 0.15) is 11.6 Å². The number of hydrogen-bond donors (Lipinski definition) is 2. The topological polar surface area (TPSA) is 60.2 Å². The molecular weight excluding hydrogens is 318 g/mol. The lowest BCUT2D eigenvalue weighted by Crippen LogP contribution is -1.97. The number of methoxy groups -OCH3 is 1. The van der Waals surface area contributed by atoms with Gasteiger partial charge in [-0.05, 0) is 34.1 Å². The summed E-state index contributed by atoms with van der Waals surface area (Å²) in [6.07, 6.45) is 1.55. The van der Waals surface area contributed by atoms with E-state index >= 15 is 0 Å². The molecule has 2 rings (SSSR count). The maximum Gasteiger partial charge on any atom is 0.149 e. The number of aromatic nitrogens is 1. The fourth-order valence-electron chi connectivity index (χ4n) is 1.42. The summed E-state index contributed by atoms with van der Waals surface area (Å²) in [5, 5.41) is 3.57. The molecule has 0 atom stereocenters. The van der Waals surface area contributed by atoms with E-state index in [2.05, 4.69) is 26.2 Å². The van der Waals surface area contributed by atoms with Crippen LogP contribution >= 0.6 is 27.5 Å². The highest BCUT2D eigenvalue weighted by Gasteiger charge is 2.05. The van der Waals surface area contributed by atoms with E-state index < -0.39 is 0 Å². The minimum atomic E-state index is 0.469. The van der Waals surface area contributed by atoms with E-state index in [0.717, 1.165) is 15.9 Å². The van der Waals surface area contributed by atoms with Gasteiger partial charge in [0.15, 0.2) is 0 Å². The average molecular weight is 329 g/mol. The summed E-state index contributed by atoms with van der Waals surface area (Å²) in [6.45, 7) is 0. The zero-order valence-electron chi connectivity index (χ0n) is 9.58. The molecule has 0 spiro atoms. The van der Waals surface area contributed by atoms with Gasteiger partial charge in [-0.15, -0.1) is 0 Å². The zero-order chi connectivity index (χ0) is 13.1. The normalized spacial score (nSPS) is 10.2. The van der Waals surface area contributed by atoms with Crippen molar-refractivity contribution in [2.45, 2.75) is 0 Å². The molecule has 0 bridgehead atoms. The van der Waals surface area contributed by atoms with Gasteiger partial charge in [-0.2, -0.15) is 0 Å².